The molecule has 21 heavy (non-hydrogen) atoms. The molecule has 1 saturated carbocycles. The van der Waals surface area contributed by atoms with Crippen LogP contribution in [0.15, 0.2) is 23.6 Å². The fourth-order valence-electron chi connectivity index (χ4n) is 2.30. The molecule has 0 bridgehead atoms. The summed E-state index contributed by atoms with van der Waals surface area (Å²) >= 11 is 1.66. The lowest BCUT2D eigenvalue weighted by Crippen LogP contribution is -2.34. The van der Waals surface area contributed by atoms with Gasteiger partial charge in [-0.05, 0) is 37.4 Å². The predicted molar refractivity (Wildman–Crippen MR) is 83.1 cm³/mol. The topological polar surface area (TPSA) is 61.0 Å². The highest BCUT2D eigenvalue weighted by molar-refractivity contribution is 7.09. The van der Waals surface area contributed by atoms with Crippen molar-refractivity contribution in [3.63, 3.8) is 0 Å². The number of thiophene rings is 1. The highest BCUT2D eigenvalue weighted by Crippen LogP contribution is 2.39. The Morgan fingerprint density at radius 2 is 2.43 bits per heavy atom. The van der Waals surface area contributed by atoms with Crippen LogP contribution in [-0.2, 0) is 17.9 Å². The van der Waals surface area contributed by atoms with Gasteiger partial charge < -0.3 is 5.32 Å². The van der Waals surface area contributed by atoms with E-state index in [2.05, 4.69) is 21.6 Å². The number of aromatic nitrogens is 2. The van der Waals surface area contributed by atoms with Gasteiger partial charge in [-0.3, -0.25) is 14.8 Å². The van der Waals surface area contributed by atoms with Gasteiger partial charge in [-0.25, -0.2) is 0 Å². The third-order valence-electron chi connectivity index (χ3n) is 3.54. The zero-order valence-electron chi connectivity index (χ0n) is 12.1. The molecule has 1 fully saturated rings. The van der Waals surface area contributed by atoms with Crippen molar-refractivity contribution >= 4 is 17.2 Å². The number of hydrogen-bond donors (Lipinski definition) is 2. The number of carbonyl (C=O) groups is 1. The van der Waals surface area contributed by atoms with Gasteiger partial charge in [0.2, 0.25) is 5.91 Å². The van der Waals surface area contributed by atoms with E-state index in [0.29, 0.717) is 25.6 Å². The highest BCUT2D eigenvalue weighted by atomic mass is 32.1. The fourth-order valence-corrected chi connectivity index (χ4v) is 2.94. The van der Waals surface area contributed by atoms with Gasteiger partial charge in [-0.1, -0.05) is 6.07 Å². The molecule has 0 spiro atoms. The summed E-state index contributed by atoms with van der Waals surface area (Å²) in [5.41, 5.74) is 2.24. The third kappa shape index (κ3) is 4.15. The van der Waals surface area contributed by atoms with Crippen molar-refractivity contribution in [2.24, 2.45) is 0 Å². The van der Waals surface area contributed by atoms with E-state index in [1.54, 1.807) is 11.3 Å². The first-order valence-corrected chi connectivity index (χ1v) is 8.10. The fraction of sp³-hybridized carbons (Fsp3) is 0.467. The molecule has 3 rings (SSSR count). The lowest BCUT2D eigenvalue weighted by Gasteiger charge is -2.14. The molecule has 5 nitrogen and oxygen atoms in total. The van der Waals surface area contributed by atoms with Gasteiger partial charge in [0.15, 0.2) is 0 Å². The van der Waals surface area contributed by atoms with E-state index < -0.39 is 0 Å². The van der Waals surface area contributed by atoms with Crippen LogP contribution in [0.25, 0.3) is 0 Å². The van der Waals surface area contributed by atoms with Crippen molar-refractivity contribution in [3.05, 3.63) is 39.8 Å². The van der Waals surface area contributed by atoms with Crippen molar-refractivity contribution in [1.29, 1.82) is 0 Å². The Kier molecular flexibility index (Phi) is 4.36. The molecule has 1 amide bonds. The number of likely N-dealkylation sites (N-methyl/N-ethyl adjacent to an activating group) is 1. The second-order valence-electron chi connectivity index (χ2n) is 5.62. The van der Waals surface area contributed by atoms with E-state index >= 15 is 0 Å². The first kappa shape index (κ1) is 14.3. The predicted octanol–water partition coefficient (Wildman–Crippen LogP) is 2.10. The van der Waals surface area contributed by atoms with Crippen molar-refractivity contribution in [3.8, 4) is 0 Å². The molecule has 2 aromatic rings. The molecule has 0 unspecified atom stereocenters. The van der Waals surface area contributed by atoms with Crippen LogP contribution in [0.1, 0.15) is 35.0 Å². The summed E-state index contributed by atoms with van der Waals surface area (Å²) in [4.78, 5) is 15.1. The molecule has 0 atom stereocenters. The summed E-state index contributed by atoms with van der Waals surface area (Å²) in [6.07, 6.45) is 2.51. The van der Waals surface area contributed by atoms with Gasteiger partial charge in [0.05, 0.1) is 18.8 Å². The Balaban J connectivity index is 1.42. The van der Waals surface area contributed by atoms with Crippen LogP contribution >= 0.6 is 11.3 Å². The summed E-state index contributed by atoms with van der Waals surface area (Å²) in [7, 11) is 1.95. The zero-order valence-corrected chi connectivity index (χ0v) is 12.9. The van der Waals surface area contributed by atoms with E-state index in [9.17, 15) is 4.79 Å². The minimum absolute atomic E-state index is 0.0489. The van der Waals surface area contributed by atoms with Gasteiger partial charge in [0.1, 0.15) is 0 Å². The zero-order chi connectivity index (χ0) is 14.7. The number of rotatable bonds is 7. The SMILES string of the molecule is CN(CC(=O)NCc1cccs1)Cc1cc(C2CC2)n[nH]1. The normalized spacial score (nSPS) is 14.6. The van der Waals surface area contributed by atoms with Crippen molar-refractivity contribution in [1.82, 2.24) is 20.4 Å². The average Bonchev–Trinajstić information content (AvgIpc) is 2.98. The molecule has 0 aromatic carbocycles. The minimum atomic E-state index is 0.0489. The molecule has 0 aliphatic heterocycles. The maximum Gasteiger partial charge on any atom is 0.234 e. The molecule has 0 saturated heterocycles. The average molecular weight is 304 g/mol. The van der Waals surface area contributed by atoms with Crippen LogP contribution in [-0.4, -0.2) is 34.6 Å². The maximum absolute atomic E-state index is 11.9. The molecule has 1 aliphatic carbocycles. The highest BCUT2D eigenvalue weighted by Gasteiger charge is 2.26. The molecule has 2 aromatic heterocycles. The number of aromatic amines is 1. The number of nitrogens with one attached hydrogen (secondary N) is 2. The van der Waals surface area contributed by atoms with Crippen LogP contribution in [0.4, 0.5) is 0 Å². The second-order valence-corrected chi connectivity index (χ2v) is 6.65. The maximum atomic E-state index is 11.9. The summed E-state index contributed by atoms with van der Waals surface area (Å²) in [5.74, 6) is 0.710. The summed E-state index contributed by atoms with van der Waals surface area (Å²) < 4.78 is 0. The van der Waals surface area contributed by atoms with Crippen molar-refractivity contribution in [2.45, 2.75) is 31.8 Å². The lowest BCUT2D eigenvalue weighted by molar-refractivity contribution is -0.122. The second kappa shape index (κ2) is 6.41. The summed E-state index contributed by atoms with van der Waals surface area (Å²) in [6.45, 7) is 1.72. The number of amides is 1. The molecule has 1 aliphatic rings. The molecular formula is C15H20N4OS. The van der Waals surface area contributed by atoms with Crippen molar-refractivity contribution in [2.75, 3.05) is 13.6 Å². The first-order valence-electron chi connectivity index (χ1n) is 7.22. The minimum Gasteiger partial charge on any atom is -0.350 e. The molecular weight excluding hydrogens is 284 g/mol. The largest absolute Gasteiger partial charge is 0.350 e. The number of hydrogen-bond acceptors (Lipinski definition) is 4. The monoisotopic (exact) mass is 304 g/mol. The molecule has 6 heteroatoms. The first-order chi connectivity index (χ1) is 10.2. The van der Waals surface area contributed by atoms with Gasteiger partial charge in [0.25, 0.3) is 0 Å². The van der Waals surface area contributed by atoms with Gasteiger partial charge in [0, 0.05) is 23.0 Å². The molecule has 0 radical (unpaired) electrons. The van der Waals surface area contributed by atoms with Gasteiger partial charge >= 0.3 is 0 Å². The molecule has 112 valence electrons. The Morgan fingerprint density at radius 3 is 3.14 bits per heavy atom. The molecule has 2 heterocycles. The third-order valence-corrected chi connectivity index (χ3v) is 4.42. The smallest absolute Gasteiger partial charge is 0.234 e. The van der Waals surface area contributed by atoms with Crippen LogP contribution in [0.2, 0.25) is 0 Å². The standard InChI is InChI=1S/C15H20N4OS/c1-19(9-12-7-14(18-17-12)11-4-5-11)10-15(20)16-8-13-3-2-6-21-13/h2-3,6-7,11H,4-5,8-10H2,1H3,(H,16,20)(H,17,18). The van der Waals surface area contributed by atoms with Gasteiger partial charge in [-0.15, -0.1) is 11.3 Å². The summed E-state index contributed by atoms with van der Waals surface area (Å²) in [6, 6.07) is 6.14. The van der Waals surface area contributed by atoms with Crippen LogP contribution in [0, 0.1) is 0 Å². The lowest BCUT2D eigenvalue weighted by atomic mass is 10.2. The Bertz CT molecular complexity index is 589. The van der Waals surface area contributed by atoms with Crippen molar-refractivity contribution < 1.29 is 4.79 Å². The Hall–Kier alpha value is -1.66. The van der Waals surface area contributed by atoms with Crippen LogP contribution < -0.4 is 5.32 Å². The van der Waals surface area contributed by atoms with Crippen LogP contribution in [0.3, 0.4) is 0 Å². The van der Waals surface area contributed by atoms with Crippen LogP contribution in [0.5, 0.6) is 0 Å². The summed E-state index contributed by atoms with van der Waals surface area (Å²) in [5, 5.41) is 12.3. The Morgan fingerprint density at radius 1 is 1.57 bits per heavy atom. The van der Waals surface area contributed by atoms with E-state index in [1.165, 1.54) is 23.4 Å². The van der Waals surface area contributed by atoms with E-state index in [0.717, 1.165) is 5.69 Å². The number of H-pyrrole nitrogens is 1. The van der Waals surface area contributed by atoms with E-state index in [4.69, 9.17) is 0 Å². The van der Waals surface area contributed by atoms with E-state index in [-0.39, 0.29) is 5.91 Å². The number of nitrogens with zero attached hydrogens (tertiary/aromatic N) is 2. The Labute approximate surface area is 128 Å². The molecule has 2 N–H and O–H groups in total. The quantitative estimate of drug-likeness (QED) is 0.823. The van der Waals surface area contributed by atoms with E-state index in [1.807, 2.05) is 29.5 Å². The number of carbonyl (C=O) groups excluding carboxylic acids is 1. The van der Waals surface area contributed by atoms with Gasteiger partial charge in [-0.2, -0.15) is 5.10 Å².